The van der Waals surface area contributed by atoms with Crippen LogP contribution in [-0.2, 0) is 14.3 Å². The third kappa shape index (κ3) is 63.4. The van der Waals surface area contributed by atoms with Gasteiger partial charge in [0.05, 0.1) is 25.4 Å². The minimum absolute atomic E-state index is 0.00542. The molecule has 0 heterocycles. The predicted molar refractivity (Wildman–Crippen MR) is 338 cm³/mol. The fourth-order valence-corrected chi connectivity index (χ4v) is 11.1. The molecule has 77 heavy (non-hydrogen) atoms. The summed E-state index contributed by atoms with van der Waals surface area (Å²) < 4.78 is 5.49. The molecule has 0 aliphatic carbocycles. The van der Waals surface area contributed by atoms with Crippen molar-refractivity contribution in [3.63, 3.8) is 0 Å². The first-order valence-electron chi connectivity index (χ1n) is 35.1. The van der Waals surface area contributed by atoms with Gasteiger partial charge in [0, 0.05) is 12.8 Å². The molecule has 0 fully saturated rings. The Morgan fingerprint density at radius 2 is 0.649 bits per heavy atom. The number of carbonyl (C=O) groups is 2. The maximum absolute atomic E-state index is 12.5. The van der Waals surface area contributed by atoms with Crippen LogP contribution >= 0.6 is 0 Å². The molecule has 0 spiro atoms. The summed E-state index contributed by atoms with van der Waals surface area (Å²) in [6.07, 6.45) is 83.7. The van der Waals surface area contributed by atoms with E-state index in [1.807, 2.05) is 0 Å². The molecule has 0 aliphatic heterocycles. The van der Waals surface area contributed by atoms with E-state index in [0.717, 1.165) is 51.4 Å². The number of amides is 1. The summed E-state index contributed by atoms with van der Waals surface area (Å²) >= 11 is 0. The van der Waals surface area contributed by atoms with Crippen LogP contribution in [0.1, 0.15) is 393 Å². The SMILES string of the molecule is CCCCC/C=C\C/C=C\CCCCCCCC(=O)OCCCCCCCCCCCCCCCCCCCCCCCCCCCCCCC(=O)NC(CO)C(O)CCCCCCCCCCCCCCCCCCC. The highest BCUT2D eigenvalue weighted by atomic mass is 16.5. The average molecular weight is 1080 g/mol. The number of aliphatic hydroxyl groups is 2. The molecule has 456 valence electrons. The second-order valence-electron chi connectivity index (χ2n) is 24.2. The molecule has 0 saturated heterocycles. The molecule has 6 heteroatoms. The van der Waals surface area contributed by atoms with Gasteiger partial charge in [-0.05, 0) is 57.8 Å². The van der Waals surface area contributed by atoms with Crippen molar-refractivity contribution in [2.75, 3.05) is 13.2 Å². The van der Waals surface area contributed by atoms with Gasteiger partial charge in [0.15, 0.2) is 0 Å². The van der Waals surface area contributed by atoms with E-state index in [9.17, 15) is 19.8 Å². The predicted octanol–water partition coefficient (Wildman–Crippen LogP) is 22.5. The smallest absolute Gasteiger partial charge is 0.305 e. The van der Waals surface area contributed by atoms with Gasteiger partial charge < -0.3 is 20.3 Å². The molecule has 0 aromatic carbocycles. The summed E-state index contributed by atoms with van der Waals surface area (Å²) in [5.74, 6) is -0.0229. The lowest BCUT2D eigenvalue weighted by atomic mass is 10.0. The fraction of sp³-hybridized carbons (Fsp3) is 0.915. The minimum Gasteiger partial charge on any atom is -0.466 e. The van der Waals surface area contributed by atoms with E-state index >= 15 is 0 Å². The number of unbranched alkanes of at least 4 members (excludes halogenated alkanes) is 51. The van der Waals surface area contributed by atoms with E-state index in [2.05, 4.69) is 43.5 Å². The van der Waals surface area contributed by atoms with Crippen LogP contribution in [0.25, 0.3) is 0 Å². The summed E-state index contributed by atoms with van der Waals surface area (Å²) in [6, 6.07) is -0.539. The van der Waals surface area contributed by atoms with Crippen LogP contribution in [0, 0.1) is 0 Å². The lowest BCUT2D eigenvalue weighted by Crippen LogP contribution is -2.45. The van der Waals surface area contributed by atoms with E-state index in [4.69, 9.17) is 4.74 Å². The maximum Gasteiger partial charge on any atom is 0.305 e. The van der Waals surface area contributed by atoms with Crippen molar-refractivity contribution in [2.24, 2.45) is 0 Å². The highest BCUT2D eigenvalue weighted by Gasteiger charge is 2.20. The zero-order valence-electron chi connectivity index (χ0n) is 52.2. The Bertz CT molecular complexity index is 1200. The normalized spacial score (nSPS) is 12.6. The van der Waals surface area contributed by atoms with Gasteiger partial charge in [-0.3, -0.25) is 9.59 Å². The van der Waals surface area contributed by atoms with Crippen LogP contribution in [0.4, 0.5) is 0 Å². The monoisotopic (exact) mass is 1080 g/mol. The highest BCUT2D eigenvalue weighted by molar-refractivity contribution is 5.76. The number of aliphatic hydroxyl groups excluding tert-OH is 2. The number of nitrogens with one attached hydrogen (secondary N) is 1. The Balaban J connectivity index is 3.34. The number of allylic oxidation sites excluding steroid dienone is 4. The summed E-state index contributed by atoms with van der Waals surface area (Å²) in [4.78, 5) is 24.6. The van der Waals surface area contributed by atoms with Crippen LogP contribution in [0.15, 0.2) is 24.3 Å². The van der Waals surface area contributed by atoms with Crippen molar-refractivity contribution in [1.29, 1.82) is 0 Å². The molecule has 2 atom stereocenters. The number of hydrogen-bond donors (Lipinski definition) is 3. The summed E-state index contributed by atoms with van der Waals surface area (Å²) in [6.45, 7) is 4.96. The average Bonchev–Trinajstić information content (AvgIpc) is 3.43. The minimum atomic E-state index is -0.662. The molecule has 3 N–H and O–H groups in total. The van der Waals surface area contributed by atoms with Crippen molar-refractivity contribution < 1.29 is 24.5 Å². The largest absolute Gasteiger partial charge is 0.466 e. The molecular weight excluding hydrogens is 947 g/mol. The molecule has 0 aromatic heterocycles. The van der Waals surface area contributed by atoms with Gasteiger partial charge in [0.2, 0.25) is 5.91 Å². The molecule has 0 saturated carbocycles. The maximum atomic E-state index is 12.5. The van der Waals surface area contributed by atoms with Crippen molar-refractivity contribution in [1.82, 2.24) is 5.32 Å². The van der Waals surface area contributed by atoms with Crippen LogP contribution in [-0.4, -0.2) is 47.4 Å². The van der Waals surface area contributed by atoms with Crippen LogP contribution < -0.4 is 5.32 Å². The molecule has 2 unspecified atom stereocenters. The fourth-order valence-electron chi connectivity index (χ4n) is 11.1. The molecule has 0 aromatic rings. The molecule has 1 amide bonds. The van der Waals surface area contributed by atoms with Crippen molar-refractivity contribution in [2.45, 2.75) is 405 Å². The standard InChI is InChI=1S/C71H137NO5/c1-3-5-7-9-11-13-15-17-19-32-36-39-43-47-51-55-59-63-69(74)68(67-73)72-70(75)64-60-56-52-48-44-40-37-33-30-28-26-24-22-20-21-23-25-27-29-31-34-38-42-46-50-54-58-62-66-77-71(76)65-61-57-53-49-45-41-35-18-16-14-12-10-8-6-4-2/h12,14,18,35,68-69,73-74H,3-11,13,15-17,19-34,36-67H2,1-2H3,(H,72,75)/b14-12-,35-18-. The second-order valence-corrected chi connectivity index (χ2v) is 24.2. The molecule has 6 nitrogen and oxygen atoms in total. The van der Waals surface area contributed by atoms with Gasteiger partial charge in [-0.2, -0.15) is 0 Å². The van der Waals surface area contributed by atoms with E-state index in [1.54, 1.807) is 0 Å². The van der Waals surface area contributed by atoms with Gasteiger partial charge in [-0.15, -0.1) is 0 Å². The number of esters is 1. The zero-order chi connectivity index (χ0) is 55.7. The highest BCUT2D eigenvalue weighted by Crippen LogP contribution is 2.19. The van der Waals surface area contributed by atoms with Crippen LogP contribution in [0.3, 0.4) is 0 Å². The van der Waals surface area contributed by atoms with Crippen LogP contribution in [0.2, 0.25) is 0 Å². The Kier molecular flexibility index (Phi) is 65.4. The van der Waals surface area contributed by atoms with E-state index in [0.29, 0.717) is 25.9 Å². The number of hydrogen-bond acceptors (Lipinski definition) is 5. The Morgan fingerprint density at radius 1 is 0.364 bits per heavy atom. The van der Waals surface area contributed by atoms with Crippen molar-refractivity contribution >= 4 is 11.9 Å². The van der Waals surface area contributed by atoms with E-state index < -0.39 is 12.1 Å². The number of ether oxygens (including phenoxy) is 1. The first kappa shape index (κ1) is 75.3. The van der Waals surface area contributed by atoms with Gasteiger partial charge in [-0.1, -0.05) is 346 Å². The quantitative estimate of drug-likeness (QED) is 0.0320. The first-order chi connectivity index (χ1) is 38.0. The second kappa shape index (κ2) is 66.8. The first-order valence-corrected chi connectivity index (χ1v) is 35.1. The number of carbonyl (C=O) groups excluding carboxylic acids is 2. The van der Waals surface area contributed by atoms with Crippen molar-refractivity contribution in [3.05, 3.63) is 24.3 Å². The third-order valence-corrected chi connectivity index (χ3v) is 16.5. The van der Waals surface area contributed by atoms with Gasteiger partial charge >= 0.3 is 5.97 Å². The topological polar surface area (TPSA) is 95.9 Å². The lowest BCUT2D eigenvalue weighted by molar-refractivity contribution is -0.143. The molecule has 0 rings (SSSR count). The van der Waals surface area contributed by atoms with Gasteiger partial charge in [0.25, 0.3) is 0 Å². The number of rotatable bonds is 66. The molecule has 0 radical (unpaired) electrons. The van der Waals surface area contributed by atoms with Gasteiger partial charge in [-0.25, -0.2) is 0 Å². The Hall–Kier alpha value is -1.66. The van der Waals surface area contributed by atoms with Crippen molar-refractivity contribution in [3.8, 4) is 0 Å². The van der Waals surface area contributed by atoms with E-state index in [-0.39, 0.29) is 18.5 Å². The summed E-state index contributed by atoms with van der Waals surface area (Å²) in [5.41, 5.74) is 0. The zero-order valence-corrected chi connectivity index (χ0v) is 52.2. The van der Waals surface area contributed by atoms with Gasteiger partial charge in [0.1, 0.15) is 0 Å². The molecular formula is C71H137NO5. The summed E-state index contributed by atoms with van der Waals surface area (Å²) in [5, 5.41) is 23.4. The Labute approximate surface area is 481 Å². The van der Waals surface area contributed by atoms with E-state index in [1.165, 1.54) is 308 Å². The Morgan fingerprint density at radius 3 is 1.01 bits per heavy atom. The lowest BCUT2D eigenvalue weighted by Gasteiger charge is -2.22. The summed E-state index contributed by atoms with van der Waals surface area (Å²) in [7, 11) is 0. The molecule has 0 aliphatic rings. The van der Waals surface area contributed by atoms with Crippen LogP contribution in [0.5, 0.6) is 0 Å². The molecule has 0 bridgehead atoms. The third-order valence-electron chi connectivity index (χ3n) is 16.5.